The van der Waals surface area contributed by atoms with Gasteiger partial charge < -0.3 is 10.1 Å². The number of carbonyl (C=O) groups excluding carboxylic acids is 1. The summed E-state index contributed by atoms with van der Waals surface area (Å²) in [5.74, 6) is 0. The fourth-order valence-corrected chi connectivity index (χ4v) is 1.76. The number of cyclic esters (lactones) is 1. The number of benzene rings is 1. The third kappa shape index (κ3) is 2.02. The minimum atomic E-state index is -0.255. The van der Waals surface area contributed by atoms with Crippen LogP contribution in [0.15, 0.2) is 24.3 Å². The monoisotopic (exact) mass is 220 g/mol. The van der Waals surface area contributed by atoms with Gasteiger partial charge in [0.25, 0.3) is 0 Å². The number of nitrogens with zero attached hydrogens (tertiary/aromatic N) is 1. The maximum absolute atomic E-state index is 11.4. The Morgan fingerprint density at radius 3 is 2.94 bits per heavy atom. The highest BCUT2D eigenvalue weighted by Crippen LogP contribution is 2.22. The Morgan fingerprint density at radius 2 is 2.31 bits per heavy atom. The number of carbonyl (C=O) groups is 1. The Labute approximate surface area is 95.2 Å². The molecule has 4 nitrogen and oxygen atoms in total. The van der Waals surface area contributed by atoms with Gasteiger partial charge >= 0.3 is 6.09 Å². The van der Waals surface area contributed by atoms with E-state index in [-0.39, 0.29) is 12.1 Å². The Hall–Kier alpha value is -1.55. The number of anilines is 1. The first-order valence-electron chi connectivity index (χ1n) is 5.44. The molecule has 1 atom stereocenters. The number of hydrogen-bond acceptors (Lipinski definition) is 3. The van der Waals surface area contributed by atoms with Crippen molar-refractivity contribution in [3.05, 3.63) is 29.8 Å². The number of amides is 1. The van der Waals surface area contributed by atoms with E-state index in [1.807, 2.05) is 31.3 Å². The van der Waals surface area contributed by atoms with Crippen molar-refractivity contribution in [1.82, 2.24) is 5.32 Å². The maximum Gasteiger partial charge on any atom is 0.414 e. The summed E-state index contributed by atoms with van der Waals surface area (Å²) in [6.45, 7) is 3.20. The third-order valence-corrected chi connectivity index (χ3v) is 2.88. The lowest BCUT2D eigenvalue weighted by molar-refractivity contribution is 0.181. The second-order valence-electron chi connectivity index (χ2n) is 3.87. The average Bonchev–Trinajstić information content (AvgIpc) is 2.74. The molecule has 0 saturated carbocycles. The van der Waals surface area contributed by atoms with Crippen molar-refractivity contribution < 1.29 is 9.53 Å². The predicted octanol–water partition coefficient (Wildman–Crippen LogP) is 1.92. The van der Waals surface area contributed by atoms with E-state index in [0.717, 1.165) is 5.69 Å². The van der Waals surface area contributed by atoms with Crippen LogP contribution in [-0.2, 0) is 4.74 Å². The van der Waals surface area contributed by atoms with Gasteiger partial charge in [0.05, 0.1) is 6.54 Å². The minimum Gasteiger partial charge on any atom is -0.447 e. The van der Waals surface area contributed by atoms with Crippen molar-refractivity contribution in [1.29, 1.82) is 0 Å². The lowest BCUT2D eigenvalue weighted by atomic mass is 10.1. The predicted molar refractivity (Wildman–Crippen MR) is 62.6 cm³/mol. The molecule has 16 heavy (non-hydrogen) atoms. The molecule has 0 radical (unpaired) electrons. The first-order chi connectivity index (χ1) is 7.72. The molecule has 1 N–H and O–H groups in total. The maximum atomic E-state index is 11.4. The molecular formula is C12H16N2O2. The summed E-state index contributed by atoms with van der Waals surface area (Å²) in [4.78, 5) is 13.1. The molecule has 0 aromatic heterocycles. The van der Waals surface area contributed by atoms with Gasteiger partial charge in [-0.15, -0.1) is 0 Å². The molecule has 0 aliphatic carbocycles. The van der Waals surface area contributed by atoms with E-state index in [0.29, 0.717) is 13.2 Å². The highest BCUT2D eigenvalue weighted by Gasteiger charge is 2.23. The molecule has 0 spiro atoms. The molecule has 1 aromatic rings. The van der Waals surface area contributed by atoms with Gasteiger partial charge in [-0.25, -0.2) is 4.79 Å². The van der Waals surface area contributed by atoms with Crippen LogP contribution in [0.4, 0.5) is 10.5 Å². The first kappa shape index (κ1) is 11.0. The van der Waals surface area contributed by atoms with Crippen LogP contribution in [0.5, 0.6) is 0 Å². The summed E-state index contributed by atoms with van der Waals surface area (Å²) in [5.41, 5.74) is 2.07. The van der Waals surface area contributed by atoms with Crippen molar-refractivity contribution in [2.45, 2.75) is 13.0 Å². The van der Waals surface area contributed by atoms with Crippen LogP contribution in [0.2, 0.25) is 0 Å². The molecule has 4 heteroatoms. The normalized spacial score (nSPS) is 17.4. The zero-order chi connectivity index (χ0) is 11.5. The van der Waals surface area contributed by atoms with E-state index >= 15 is 0 Å². The lowest BCUT2D eigenvalue weighted by Crippen LogP contribution is -2.23. The van der Waals surface area contributed by atoms with Gasteiger partial charge in [-0.05, 0) is 31.7 Å². The molecule has 0 unspecified atom stereocenters. The third-order valence-electron chi connectivity index (χ3n) is 2.88. The summed E-state index contributed by atoms with van der Waals surface area (Å²) < 4.78 is 4.92. The second-order valence-corrected chi connectivity index (χ2v) is 3.87. The number of nitrogens with one attached hydrogen (secondary N) is 1. The second kappa shape index (κ2) is 4.53. The van der Waals surface area contributed by atoms with Crippen LogP contribution >= 0.6 is 0 Å². The van der Waals surface area contributed by atoms with Crippen molar-refractivity contribution in [2.24, 2.45) is 0 Å². The highest BCUT2D eigenvalue weighted by atomic mass is 16.6. The zero-order valence-electron chi connectivity index (χ0n) is 9.56. The molecule has 1 aliphatic heterocycles. The number of rotatable bonds is 3. The van der Waals surface area contributed by atoms with Gasteiger partial charge in [0.2, 0.25) is 0 Å². The van der Waals surface area contributed by atoms with E-state index < -0.39 is 0 Å². The summed E-state index contributed by atoms with van der Waals surface area (Å²) >= 11 is 0. The van der Waals surface area contributed by atoms with E-state index in [1.54, 1.807) is 4.90 Å². The molecule has 1 saturated heterocycles. The van der Waals surface area contributed by atoms with Gasteiger partial charge in [-0.1, -0.05) is 12.1 Å². The first-order valence-corrected chi connectivity index (χ1v) is 5.44. The van der Waals surface area contributed by atoms with E-state index in [2.05, 4.69) is 12.2 Å². The molecule has 1 heterocycles. The Morgan fingerprint density at radius 1 is 1.50 bits per heavy atom. The molecule has 1 fully saturated rings. The van der Waals surface area contributed by atoms with Gasteiger partial charge in [0, 0.05) is 11.7 Å². The molecule has 1 aromatic carbocycles. The van der Waals surface area contributed by atoms with Crippen molar-refractivity contribution in [2.75, 3.05) is 25.1 Å². The van der Waals surface area contributed by atoms with Crippen LogP contribution in [-0.4, -0.2) is 26.3 Å². The Balaban J connectivity index is 2.25. The fourth-order valence-electron chi connectivity index (χ4n) is 1.76. The fraction of sp³-hybridized carbons (Fsp3) is 0.417. The van der Waals surface area contributed by atoms with E-state index in [4.69, 9.17) is 4.74 Å². The standard InChI is InChI=1S/C12H16N2O2/c1-9(13-2)10-4-3-5-11(8-10)14-6-7-16-12(14)15/h3-5,8-9,13H,6-7H2,1-2H3/t9-/m0/s1. The van der Waals surface area contributed by atoms with Crippen LogP contribution in [0.1, 0.15) is 18.5 Å². The van der Waals surface area contributed by atoms with Crippen molar-refractivity contribution in [3.63, 3.8) is 0 Å². The van der Waals surface area contributed by atoms with Gasteiger partial charge in [-0.3, -0.25) is 4.90 Å². The van der Waals surface area contributed by atoms with Crippen LogP contribution < -0.4 is 10.2 Å². The van der Waals surface area contributed by atoms with Gasteiger partial charge in [0.15, 0.2) is 0 Å². The summed E-state index contributed by atoms with van der Waals surface area (Å²) in [6, 6.07) is 8.24. The zero-order valence-corrected chi connectivity index (χ0v) is 9.56. The van der Waals surface area contributed by atoms with Gasteiger partial charge in [0.1, 0.15) is 6.61 Å². The average molecular weight is 220 g/mol. The highest BCUT2D eigenvalue weighted by molar-refractivity contribution is 5.89. The number of hydrogen-bond donors (Lipinski definition) is 1. The minimum absolute atomic E-state index is 0.255. The van der Waals surface area contributed by atoms with E-state index in [9.17, 15) is 4.79 Å². The smallest absolute Gasteiger partial charge is 0.414 e. The molecule has 0 bridgehead atoms. The molecular weight excluding hydrogens is 204 g/mol. The lowest BCUT2D eigenvalue weighted by Gasteiger charge is -2.16. The topological polar surface area (TPSA) is 41.6 Å². The van der Waals surface area contributed by atoms with Crippen LogP contribution in [0, 0.1) is 0 Å². The summed E-state index contributed by atoms with van der Waals surface area (Å²) in [7, 11) is 1.92. The summed E-state index contributed by atoms with van der Waals surface area (Å²) in [6.07, 6.45) is -0.255. The van der Waals surface area contributed by atoms with Gasteiger partial charge in [-0.2, -0.15) is 0 Å². The van der Waals surface area contributed by atoms with Crippen LogP contribution in [0.25, 0.3) is 0 Å². The molecule has 1 amide bonds. The van der Waals surface area contributed by atoms with E-state index in [1.165, 1.54) is 5.56 Å². The molecule has 2 rings (SSSR count). The molecule has 1 aliphatic rings. The Bertz CT molecular complexity index is 392. The SMILES string of the molecule is CN[C@@H](C)c1cccc(N2CCOC2=O)c1. The quantitative estimate of drug-likeness (QED) is 0.846. The van der Waals surface area contributed by atoms with Crippen LogP contribution in [0.3, 0.4) is 0 Å². The number of ether oxygens (including phenoxy) is 1. The Kier molecular flexibility index (Phi) is 3.10. The largest absolute Gasteiger partial charge is 0.447 e. The molecule has 86 valence electrons. The summed E-state index contributed by atoms with van der Waals surface area (Å²) in [5, 5.41) is 3.18. The van der Waals surface area contributed by atoms with Crippen molar-refractivity contribution in [3.8, 4) is 0 Å². The van der Waals surface area contributed by atoms with Crippen molar-refractivity contribution >= 4 is 11.8 Å².